The van der Waals surface area contributed by atoms with E-state index in [0.29, 0.717) is 17.1 Å². The van der Waals surface area contributed by atoms with E-state index in [-0.39, 0.29) is 0 Å². The van der Waals surface area contributed by atoms with Crippen LogP contribution in [-0.4, -0.2) is 77.9 Å². The molecule has 1 aliphatic heterocycles. The summed E-state index contributed by atoms with van der Waals surface area (Å²) in [4.78, 5) is 12.0. The number of benzene rings is 1. The van der Waals surface area contributed by atoms with Crippen LogP contribution in [0.25, 0.3) is 6.08 Å². The lowest BCUT2D eigenvalue weighted by Gasteiger charge is -2.38. The summed E-state index contributed by atoms with van der Waals surface area (Å²) >= 11 is 0. The van der Waals surface area contributed by atoms with Crippen molar-refractivity contribution < 1.29 is 44.2 Å². The minimum atomic E-state index is -1.65. The lowest BCUT2D eigenvalue weighted by atomic mass is 9.99. The zero-order chi connectivity index (χ0) is 19.3. The molecule has 1 aliphatic rings. The molecule has 1 aromatic carbocycles. The van der Waals surface area contributed by atoms with Crippen molar-refractivity contribution in [1.82, 2.24) is 0 Å². The van der Waals surface area contributed by atoms with Gasteiger partial charge in [-0.2, -0.15) is 0 Å². The number of rotatable bonds is 6. The third-order valence-corrected chi connectivity index (χ3v) is 3.92. The van der Waals surface area contributed by atoms with Crippen molar-refractivity contribution in [3.05, 3.63) is 29.8 Å². The molecule has 0 bridgehead atoms. The van der Waals surface area contributed by atoms with Gasteiger partial charge in [-0.1, -0.05) is 0 Å². The van der Waals surface area contributed by atoms with Gasteiger partial charge < -0.3 is 39.4 Å². The average Bonchev–Trinajstić information content (AvgIpc) is 2.66. The maximum absolute atomic E-state index is 12.0. The first-order chi connectivity index (χ1) is 12.4. The van der Waals surface area contributed by atoms with Crippen LogP contribution in [0.5, 0.6) is 11.5 Å². The lowest BCUT2D eigenvalue weighted by molar-refractivity contribution is -0.291. The summed E-state index contributed by atoms with van der Waals surface area (Å²) in [5, 5.41) is 38.3. The molecule has 9 heteroatoms. The first-order valence-corrected chi connectivity index (χ1v) is 7.82. The number of hydrogen-bond donors (Lipinski definition) is 4. The van der Waals surface area contributed by atoms with E-state index < -0.39 is 43.3 Å². The largest absolute Gasteiger partial charge is 0.497 e. The van der Waals surface area contributed by atoms with Gasteiger partial charge in [0.25, 0.3) is 0 Å². The van der Waals surface area contributed by atoms with Crippen LogP contribution in [0.1, 0.15) is 5.56 Å². The van der Waals surface area contributed by atoms with Gasteiger partial charge in [-0.05, 0) is 18.2 Å². The summed E-state index contributed by atoms with van der Waals surface area (Å²) in [5.74, 6) is 0.205. The Morgan fingerprint density at radius 3 is 2.50 bits per heavy atom. The van der Waals surface area contributed by atoms with Crippen LogP contribution in [0.4, 0.5) is 0 Å². The molecule has 1 saturated heterocycles. The van der Waals surface area contributed by atoms with Gasteiger partial charge in [0.1, 0.15) is 35.9 Å². The van der Waals surface area contributed by atoms with Crippen LogP contribution in [0.3, 0.4) is 0 Å². The summed E-state index contributed by atoms with van der Waals surface area (Å²) in [6.07, 6.45) is -4.96. The number of ether oxygens (including phenoxy) is 4. The van der Waals surface area contributed by atoms with Crippen LogP contribution in [0, 0.1) is 0 Å². The highest BCUT2D eigenvalue weighted by atomic mass is 16.7. The topological polar surface area (TPSA) is 135 Å². The maximum atomic E-state index is 12.0. The van der Waals surface area contributed by atoms with Crippen molar-refractivity contribution in [2.24, 2.45) is 0 Å². The molecule has 0 aliphatic carbocycles. The van der Waals surface area contributed by atoms with E-state index in [4.69, 9.17) is 24.1 Å². The number of esters is 1. The first kappa shape index (κ1) is 20.1. The molecular weight excluding hydrogens is 348 g/mol. The second kappa shape index (κ2) is 8.97. The molecule has 1 heterocycles. The summed E-state index contributed by atoms with van der Waals surface area (Å²) in [6.45, 7) is -0.613. The number of aliphatic hydroxyl groups is 4. The molecule has 26 heavy (non-hydrogen) atoms. The van der Waals surface area contributed by atoms with Crippen LogP contribution >= 0.6 is 0 Å². The average molecular weight is 370 g/mol. The zero-order valence-corrected chi connectivity index (χ0v) is 14.3. The SMILES string of the molecule is COc1ccc(/C=C/C(=O)O[C@@H]2O[C@H](CO)[C@@H](O)[C@H](O)[C@H]2O)c(OC)c1. The molecule has 4 N–H and O–H groups in total. The number of carbonyl (C=O) groups is 1. The quantitative estimate of drug-likeness (QED) is 0.370. The Morgan fingerprint density at radius 1 is 1.15 bits per heavy atom. The standard InChI is InChI=1S/C17H22O9/c1-23-10-5-3-9(11(7-10)24-2)4-6-13(19)26-17-16(22)15(21)14(20)12(8-18)25-17/h3-7,12,14-18,20-22H,8H2,1-2H3/b6-4+/t12-,14-,15+,16-,17+/m1/s1. The second-order valence-electron chi connectivity index (χ2n) is 5.58. The molecule has 0 amide bonds. The van der Waals surface area contributed by atoms with Crippen molar-refractivity contribution in [3.63, 3.8) is 0 Å². The van der Waals surface area contributed by atoms with Gasteiger partial charge >= 0.3 is 5.97 Å². The third-order valence-electron chi connectivity index (χ3n) is 3.92. The van der Waals surface area contributed by atoms with Crippen LogP contribution < -0.4 is 9.47 Å². The molecule has 0 saturated carbocycles. The van der Waals surface area contributed by atoms with Crippen molar-refractivity contribution in [2.75, 3.05) is 20.8 Å². The minimum absolute atomic E-state index is 0.473. The molecule has 0 spiro atoms. The molecule has 5 atom stereocenters. The fourth-order valence-electron chi connectivity index (χ4n) is 2.43. The Labute approximate surface area is 150 Å². The van der Waals surface area contributed by atoms with E-state index in [1.165, 1.54) is 20.3 Å². The van der Waals surface area contributed by atoms with E-state index in [0.717, 1.165) is 6.08 Å². The Balaban J connectivity index is 2.05. The summed E-state index contributed by atoms with van der Waals surface area (Å²) in [7, 11) is 2.99. The minimum Gasteiger partial charge on any atom is -0.497 e. The van der Waals surface area contributed by atoms with Crippen molar-refractivity contribution >= 4 is 12.0 Å². The van der Waals surface area contributed by atoms with Crippen molar-refractivity contribution in [2.45, 2.75) is 30.7 Å². The highest BCUT2D eigenvalue weighted by Gasteiger charge is 2.45. The van der Waals surface area contributed by atoms with E-state index in [9.17, 15) is 20.1 Å². The van der Waals surface area contributed by atoms with E-state index in [1.807, 2.05) is 0 Å². The van der Waals surface area contributed by atoms with Gasteiger partial charge in [0.2, 0.25) is 6.29 Å². The predicted octanol–water partition coefficient (Wildman–Crippen LogP) is -0.940. The van der Waals surface area contributed by atoms with Gasteiger partial charge in [-0.25, -0.2) is 4.79 Å². The van der Waals surface area contributed by atoms with Gasteiger partial charge in [0, 0.05) is 17.7 Å². The van der Waals surface area contributed by atoms with Gasteiger partial charge in [-0.3, -0.25) is 0 Å². The summed E-state index contributed by atoms with van der Waals surface area (Å²) in [5.41, 5.74) is 0.582. The molecule has 2 rings (SSSR count). The molecule has 0 radical (unpaired) electrons. The monoisotopic (exact) mass is 370 g/mol. The number of hydrogen-bond acceptors (Lipinski definition) is 9. The fourth-order valence-corrected chi connectivity index (χ4v) is 2.43. The highest BCUT2D eigenvalue weighted by Crippen LogP contribution is 2.26. The molecule has 144 valence electrons. The summed E-state index contributed by atoms with van der Waals surface area (Å²) in [6, 6.07) is 5.00. The van der Waals surface area contributed by atoms with Gasteiger partial charge in [0.05, 0.1) is 20.8 Å². The van der Waals surface area contributed by atoms with Crippen LogP contribution in [-0.2, 0) is 14.3 Å². The first-order valence-electron chi connectivity index (χ1n) is 7.82. The molecule has 0 unspecified atom stereocenters. The molecule has 1 fully saturated rings. The Hall–Kier alpha value is -2.17. The van der Waals surface area contributed by atoms with Crippen molar-refractivity contribution in [3.8, 4) is 11.5 Å². The molecule has 9 nitrogen and oxygen atoms in total. The summed E-state index contributed by atoms with van der Waals surface area (Å²) < 4.78 is 20.3. The number of aliphatic hydroxyl groups excluding tert-OH is 4. The Kier molecular flexibility index (Phi) is 6.95. The van der Waals surface area contributed by atoms with E-state index in [1.54, 1.807) is 18.2 Å². The lowest BCUT2D eigenvalue weighted by Crippen LogP contribution is -2.59. The zero-order valence-electron chi connectivity index (χ0n) is 14.3. The predicted molar refractivity (Wildman–Crippen MR) is 88.4 cm³/mol. The fraction of sp³-hybridized carbons (Fsp3) is 0.471. The second-order valence-corrected chi connectivity index (χ2v) is 5.58. The number of carbonyl (C=O) groups excluding carboxylic acids is 1. The smallest absolute Gasteiger partial charge is 0.333 e. The van der Waals surface area contributed by atoms with Crippen LogP contribution in [0.15, 0.2) is 24.3 Å². The van der Waals surface area contributed by atoms with Gasteiger partial charge in [-0.15, -0.1) is 0 Å². The van der Waals surface area contributed by atoms with E-state index in [2.05, 4.69) is 0 Å². The Bertz CT molecular complexity index is 643. The highest BCUT2D eigenvalue weighted by molar-refractivity contribution is 5.87. The molecular formula is C17H22O9. The molecule has 1 aromatic rings. The van der Waals surface area contributed by atoms with Gasteiger partial charge in [0.15, 0.2) is 0 Å². The number of methoxy groups -OCH3 is 2. The van der Waals surface area contributed by atoms with E-state index >= 15 is 0 Å². The molecule has 0 aromatic heterocycles. The normalized spacial score (nSPS) is 28.8. The Morgan fingerprint density at radius 2 is 1.88 bits per heavy atom. The maximum Gasteiger partial charge on any atom is 0.333 e. The third kappa shape index (κ3) is 4.51. The van der Waals surface area contributed by atoms with Crippen LogP contribution in [0.2, 0.25) is 0 Å². The van der Waals surface area contributed by atoms with Crippen molar-refractivity contribution in [1.29, 1.82) is 0 Å².